The molecule has 40 heavy (non-hydrogen) atoms. The highest BCUT2D eigenvalue weighted by Crippen LogP contribution is 2.28. The van der Waals surface area contributed by atoms with Gasteiger partial charge in [0.05, 0.1) is 6.04 Å². The summed E-state index contributed by atoms with van der Waals surface area (Å²) in [6, 6.07) is 20.6. The van der Waals surface area contributed by atoms with Crippen molar-refractivity contribution in [1.82, 2.24) is 20.0 Å². The van der Waals surface area contributed by atoms with E-state index in [1.807, 2.05) is 44.2 Å². The van der Waals surface area contributed by atoms with Gasteiger partial charge in [-0.2, -0.15) is 13.2 Å². The van der Waals surface area contributed by atoms with Crippen molar-refractivity contribution in [3.05, 3.63) is 71.8 Å². The fourth-order valence-electron chi connectivity index (χ4n) is 5.25. The van der Waals surface area contributed by atoms with Crippen molar-refractivity contribution in [2.24, 2.45) is 0 Å². The highest BCUT2D eigenvalue weighted by molar-refractivity contribution is 6.32. The molecule has 2 fully saturated rings. The number of piperazine rings is 2. The molecule has 0 spiro atoms. The van der Waals surface area contributed by atoms with Gasteiger partial charge in [0.15, 0.2) is 6.61 Å². The van der Waals surface area contributed by atoms with Crippen LogP contribution in [0.1, 0.15) is 50.9 Å². The SMILES string of the molecule is CCN1CC(c2ccccc2)N(C(=O)C(=O)OCC(F)(F)F)CC1C.CCN1CC(c2ccccc2)NCC1C. The van der Waals surface area contributed by atoms with E-state index in [0.717, 1.165) is 31.7 Å². The molecule has 10 heteroatoms. The Morgan fingerprint density at radius 2 is 1.40 bits per heavy atom. The molecule has 1 amide bonds. The number of esters is 1. The second kappa shape index (κ2) is 14.6. The molecule has 2 aromatic rings. The van der Waals surface area contributed by atoms with E-state index in [4.69, 9.17) is 0 Å². The molecule has 2 aliphatic rings. The molecule has 4 rings (SSSR count). The van der Waals surface area contributed by atoms with Gasteiger partial charge in [0.25, 0.3) is 0 Å². The summed E-state index contributed by atoms with van der Waals surface area (Å²) in [7, 11) is 0. The van der Waals surface area contributed by atoms with Gasteiger partial charge < -0.3 is 15.0 Å². The lowest BCUT2D eigenvalue weighted by Crippen LogP contribution is -2.56. The lowest BCUT2D eigenvalue weighted by atomic mass is 9.99. The second-order valence-electron chi connectivity index (χ2n) is 10.3. The Bertz CT molecular complexity index is 1070. The fraction of sp³-hybridized carbons (Fsp3) is 0.533. The number of hydrogen-bond donors (Lipinski definition) is 1. The number of alkyl halides is 3. The molecule has 7 nitrogen and oxygen atoms in total. The van der Waals surface area contributed by atoms with Gasteiger partial charge in [-0.15, -0.1) is 0 Å². The largest absolute Gasteiger partial charge is 0.449 e. The van der Waals surface area contributed by atoms with E-state index in [2.05, 4.69) is 64.0 Å². The van der Waals surface area contributed by atoms with Crippen molar-refractivity contribution in [3.8, 4) is 0 Å². The first-order valence-corrected chi connectivity index (χ1v) is 13.9. The van der Waals surface area contributed by atoms with E-state index in [9.17, 15) is 22.8 Å². The van der Waals surface area contributed by atoms with Gasteiger partial charge in [0.1, 0.15) is 0 Å². The number of nitrogens with one attached hydrogen (secondary N) is 1. The van der Waals surface area contributed by atoms with E-state index >= 15 is 0 Å². The number of nitrogens with zero attached hydrogens (tertiary/aromatic N) is 3. The molecule has 4 atom stereocenters. The summed E-state index contributed by atoms with van der Waals surface area (Å²) in [5, 5.41) is 3.61. The minimum atomic E-state index is -4.66. The number of amides is 1. The summed E-state index contributed by atoms with van der Waals surface area (Å²) in [5.74, 6) is -2.52. The molecule has 2 aliphatic heterocycles. The van der Waals surface area contributed by atoms with Crippen LogP contribution in [0.15, 0.2) is 60.7 Å². The van der Waals surface area contributed by atoms with E-state index in [-0.39, 0.29) is 12.6 Å². The van der Waals surface area contributed by atoms with Crippen LogP contribution < -0.4 is 5.32 Å². The third-order valence-corrected chi connectivity index (χ3v) is 7.57. The van der Waals surface area contributed by atoms with Gasteiger partial charge in [-0.25, -0.2) is 4.79 Å². The quantitative estimate of drug-likeness (QED) is 0.430. The molecule has 4 unspecified atom stereocenters. The lowest BCUT2D eigenvalue weighted by Gasteiger charge is -2.44. The first kappa shape index (κ1) is 31.6. The van der Waals surface area contributed by atoms with E-state index < -0.39 is 30.7 Å². The van der Waals surface area contributed by atoms with Gasteiger partial charge in [-0.3, -0.25) is 14.6 Å². The van der Waals surface area contributed by atoms with Crippen molar-refractivity contribution in [2.45, 2.75) is 58.0 Å². The maximum Gasteiger partial charge on any atom is 0.422 e. The summed E-state index contributed by atoms with van der Waals surface area (Å²) in [6.07, 6.45) is -4.66. The molecule has 220 valence electrons. The summed E-state index contributed by atoms with van der Waals surface area (Å²) < 4.78 is 40.8. The van der Waals surface area contributed by atoms with Crippen LogP contribution in [-0.2, 0) is 14.3 Å². The number of carbonyl (C=O) groups is 2. The highest BCUT2D eigenvalue weighted by Gasteiger charge is 2.39. The molecular formula is C30H41F3N4O3. The third kappa shape index (κ3) is 8.78. The summed E-state index contributed by atoms with van der Waals surface area (Å²) in [5.41, 5.74) is 2.23. The molecule has 0 radical (unpaired) electrons. The molecule has 0 aromatic heterocycles. The summed E-state index contributed by atoms with van der Waals surface area (Å²) in [6.45, 7) is 11.5. The van der Waals surface area contributed by atoms with Crippen LogP contribution >= 0.6 is 0 Å². The van der Waals surface area contributed by atoms with Crippen molar-refractivity contribution in [2.75, 3.05) is 45.9 Å². The number of ether oxygens (including phenoxy) is 1. The molecule has 0 bridgehead atoms. The van der Waals surface area contributed by atoms with Crippen molar-refractivity contribution in [1.29, 1.82) is 0 Å². The Labute approximate surface area is 235 Å². The Morgan fingerprint density at radius 1 is 0.850 bits per heavy atom. The molecular weight excluding hydrogens is 521 g/mol. The molecule has 2 saturated heterocycles. The number of benzene rings is 2. The van der Waals surface area contributed by atoms with Gasteiger partial charge in [0.2, 0.25) is 0 Å². The monoisotopic (exact) mass is 562 g/mol. The van der Waals surface area contributed by atoms with Crippen LogP contribution in [0.4, 0.5) is 13.2 Å². The number of carbonyl (C=O) groups excluding carboxylic acids is 2. The van der Waals surface area contributed by atoms with E-state index in [1.54, 1.807) is 0 Å². The van der Waals surface area contributed by atoms with E-state index in [1.165, 1.54) is 10.5 Å². The lowest BCUT2D eigenvalue weighted by molar-refractivity contribution is -0.190. The van der Waals surface area contributed by atoms with Crippen LogP contribution in [0.5, 0.6) is 0 Å². The zero-order chi connectivity index (χ0) is 29.3. The average Bonchev–Trinajstić information content (AvgIpc) is 2.96. The first-order chi connectivity index (χ1) is 19.0. The maximum absolute atomic E-state index is 12.4. The average molecular weight is 563 g/mol. The van der Waals surface area contributed by atoms with Crippen molar-refractivity contribution >= 4 is 11.9 Å². The van der Waals surface area contributed by atoms with Gasteiger partial charge in [0, 0.05) is 44.3 Å². The van der Waals surface area contributed by atoms with Crippen molar-refractivity contribution < 1.29 is 27.5 Å². The van der Waals surface area contributed by atoms with Gasteiger partial charge >= 0.3 is 18.1 Å². The van der Waals surface area contributed by atoms with Crippen LogP contribution in [0, 0.1) is 0 Å². The zero-order valence-electron chi connectivity index (χ0n) is 23.7. The number of hydrogen-bond acceptors (Lipinski definition) is 6. The van der Waals surface area contributed by atoms with Crippen molar-refractivity contribution in [3.63, 3.8) is 0 Å². The predicted octanol–water partition coefficient (Wildman–Crippen LogP) is 4.43. The van der Waals surface area contributed by atoms with E-state index in [0.29, 0.717) is 18.6 Å². The normalized spacial score (nSPS) is 24.1. The van der Waals surface area contributed by atoms with Crippen LogP contribution in [-0.4, -0.2) is 90.7 Å². The zero-order valence-corrected chi connectivity index (χ0v) is 23.7. The molecule has 2 aromatic carbocycles. The summed E-state index contributed by atoms with van der Waals surface area (Å²) >= 11 is 0. The number of likely N-dealkylation sites (N-methyl/N-ethyl adjacent to an activating group) is 2. The standard InChI is InChI=1S/C17H21F3N2O3.C13H20N2/c1-3-21-10-14(13-7-5-4-6-8-13)22(9-12(21)2)15(23)16(24)25-11-17(18,19)20;1-3-15-10-13(14-9-11(15)2)12-7-5-4-6-8-12/h4-8,12,14H,3,9-11H2,1-2H3;4-8,11,13-14H,3,9-10H2,1-2H3. The third-order valence-electron chi connectivity index (χ3n) is 7.57. The number of rotatable bonds is 5. The van der Waals surface area contributed by atoms with Crippen LogP contribution in [0.2, 0.25) is 0 Å². The highest BCUT2D eigenvalue weighted by atomic mass is 19.4. The fourth-order valence-corrected chi connectivity index (χ4v) is 5.25. The molecule has 2 heterocycles. The van der Waals surface area contributed by atoms with Crippen LogP contribution in [0.3, 0.4) is 0 Å². The van der Waals surface area contributed by atoms with Gasteiger partial charge in [-0.05, 0) is 38.1 Å². The Balaban J connectivity index is 0.000000249. The minimum Gasteiger partial charge on any atom is -0.449 e. The molecule has 0 aliphatic carbocycles. The number of halogens is 3. The maximum atomic E-state index is 12.4. The smallest absolute Gasteiger partial charge is 0.422 e. The minimum absolute atomic E-state index is 0.00988. The predicted molar refractivity (Wildman–Crippen MR) is 149 cm³/mol. The Kier molecular flexibility index (Phi) is 11.5. The second-order valence-corrected chi connectivity index (χ2v) is 10.3. The first-order valence-electron chi connectivity index (χ1n) is 13.9. The van der Waals surface area contributed by atoms with Gasteiger partial charge in [-0.1, -0.05) is 74.5 Å². The summed E-state index contributed by atoms with van der Waals surface area (Å²) in [4.78, 5) is 30.2. The molecule has 1 N–H and O–H groups in total. The Morgan fingerprint density at radius 3 is 1.95 bits per heavy atom. The topological polar surface area (TPSA) is 65.1 Å². The molecule has 0 saturated carbocycles. The Hall–Kier alpha value is -2.95. The van der Waals surface area contributed by atoms with Crippen LogP contribution in [0.25, 0.3) is 0 Å².